The van der Waals surface area contributed by atoms with E-state index in [-0.39, 0.29) is 40.6 Å². The monoisotopic (exact) mass is 686 g/mol. The van der Waals surface area contributed by atoms with E-state index in [1.165, 1.54) is 76.3 Å². The van der Waals surface area contributed by atoms with Gasteiger partial charge in [-0.1, -0.05) is 0 Å². The number of allylic oxidation sites excluding steroid dienone is 4. The van der Waals surface area contributed by atoms with Gasteiger partial charge in [0.2, 0.25) is 0 Å². The molecule has 0 amide bonds. The van der Waals surface area contributed by atoms with Crippen molar-refractivity contribution >= 4 is 23.6 Å². The third kappa shape index (κ3) is 9.02. The van der Waals surface area contributed by atoms with Crippen molar-refractivity contribution in [2.45, 2.75) is 95.7 Å². The first kappa shape index (κ1) is 40.0. The van der Waals surface area contributed by atoms with Gasteiger partial charge in [-0.3, -0.25) is 0 Å². The van der Waals surface area contributed by atoms with Crippen molar-refractivity contribution in [2.24, 2.45) is 5.92 Å². The summed E-state index contributed by atoms with van der Waals surface area (Å²) in [6.07, 6.45) is 18.6. The molecule has 0 radical (unpaired) electrons. The molecule has 1 atom stereocenters. The van der Waals surface area contributed by atoms with Gasteiger partial charge in [0.1, 0.15) is 0 Å². The van der Waals surface area contributed by atoms with Crippen LogP contribution < -0.4 is 52.8 Å². The van der Waals surface area contributed by atoms with E-state index in [2.05, 4.69) is 146 Å². The number of rotatable bonds is 14. The Balaban J connectivity index is 0.00000308. The Morgan fingerprint density at radius 3 is 1.16 bits per heavy atom. The van der Waals surface area contributed by atoms with E-state index < -0.39 is 8.07 Å². The van der Waals surface area contributed by atoms with E-state index in [1.807, 2.05) is 0 Å². The number of unbranched alkanes of at least 4 members (excludes halogenated alkanes) is 3. The van der Waals surface area contributed by atoms with Crippen LogP contribution in [-0.4, -0.2) is 8.07 Å². The van der Waals surface area contributed by atoms with Gasteiger partial charge in [0.05, 0.1) is 0 Å². The molecule has 1 aliphatic rings. The van der Waals surface area contributed by atoms with E-state index in [0.717, 1.165) is 19.3 Å². The van der Waals surface area contributed by atoms with Crippen LogP contribution in [0.1, 0.15) is 89.8 Å². The summed E-state index contributed by atoms with van der Waals surface area (Å²) < 4.78 is -0.0621. The first-order valence-electron chi connectivity index (χ1n) is 15.8. The fraction of sp³-hybridized carbons (Fsp3) is 0.421. The molecule has 1 unspecified atom stereocenters. The SMILES string of the molecule is CCCCc1ccc([Si](c2ccc(CCCC)cc2)(c2ccc(CCCC)cc2)[C]2([Ti+3])C=CC(C(C)C)=C2)cc1.[Cl-].[Cl-].[Cl-]. The number of hydrogen-bond acceptors (Lipinski definition) is 0. The number of hydrogen-bond donors (Lipinski definition) is 0. The summed E-state index contributed by atoms with van der Waals surface area (Å²) >= 11 is 2.52. The largest absolute Gasteiger partial charge is 1.00 e. The van der Waals surface area contributed by atoms with Crippen LogP contribution >= 0.6 is 0 Å². The quantitative estimate of drug-likeness (QED) is 0.160. The molecule has 0 aliphatic heterocycles. The summed E-state index contributed by atoms with van der Waals surface area (Å²) in [5.41, 5.74) is 5.86. The number of halogens is 3. The second kappa shape index (κ2) is 18.8. The van der Waals surface area contributed by atoms with Crippen molar-refractivity contribution in [2.75, 3.05) is 0 Å². The molecular weight excluding hydrogens is 639 g/mol. The molecule has 0 saturated heterocycles. The average Bonchev–Trinajstić information content (AvgIpc) is 3.39. The van der Waals surface area contributed by atoms with Crippen molar-refractivity contribution in [1.82, 2.24) is 0 Å². The summed E-state index contributed by atoms with van der Waals surface area (Å²) in [7, 11) is -2.53. The molecule has 0 spiro atoms. The van der Waals surface area contributed by atoms with Crippen molar-refractivity contribution in [1.29, 1.82) is 0 Å². The first-order chi connectivity index (χ1) is 19.4. The van der Waals surface area contributed by atoms with Gasteiger partial charge in [-0.25, -0.2) is 0 Å². The first-order valence-corrected chi connectivity index (χ1v) is 18.6. The van der Waals surface area contributed by atoms with Crippen molar-refractivity contribution in [3.8, 4) is 0 Å². The maximum absolute atomic E-state index is 2.63. The summed E-state index contributed by atoms with van der Waals surface area (Å²) in [6.45, 7) is 11.5. The van der Waals surface area contributed by atoms with Gasteiger partial charge in [-0.05, 0) is 0 Å². The van der Waals surface area contributed by atoms with Gasteiger partial charge in [0.15, 0.2) is 0 Å². The third-order valence-corrected chi connectivity index (χ3v) is 16.2. The summed E-state index contributed by atoms with van der Waals surface area (Å²) in [6, 6.07) is 29.5. The van der Waals surface area contributed by atoms with E-state index in [0.29, 0.717) is 5.92 Å². The second-order valence-electron chi connectivity index (χ2n) is 12.2. The Labute approximate surface area is 294 Å². The van der Waals surface area contributed by atoms with Gasteiger partial charge in [0, 0.05) is 0 Å². The van der Waals surface area contributed by atoms with Crippen molar-refractivity contribution in [3.63, 3.8) is 0 Å². The minimum atomic E-state index is -2.53. The van der Waals surface area contributed by atoms with E-state index >= 15 is 0 Å². The zero-order valence-corrected chi connectivity index (χ0v) is 31.6. The standard InChI is InChI=1S/C38H49Si.3ClH.Ti/c1-6-9-12-31-15-22-35(23-16-31)39(38-28-21-34(29-38)30(4)5,36-24-17-32(18-25-36)13-10-7-2)37-26-19-33(20-27-37)14-11-8-3;;;;/h15-30H,6-14H2,1-5H3;3*1H;/q;;;;+3/p-3. The molecule has 3 aromatic carbocycles. The van der Waals surface area contributed by atoms with Crippen LogP contribution in [0.5, 0.6) is 0 Å². The molecule has 1 aliphatic carbocycles. The van der Waals surface area contributed by atoms with Gasteiger partial charge < -0.3 is 37.2 Å². The Kier molecular flexibility index (Phi) is 17.5. The van der Waals surface area contributed by atoms with Crippen LogP contribution in [-0.2, 0) is 39.7 Å². The van der Waals surface area contributed by atoms with Gasteiger partial charge in [-0.2, -0.15) is 0 Å². The Morgan fingerprint density at radius 2 is 0.907 bits per heavy atom. The molecule has 0 aromatic heterocycles. The molecule has 0 nitrogen and oxygen atoms in total. The molecule has 0 heterocycles. The van der Waals surface area contributed by atoms with Crippen LogP contribution in [0, 0.1) is 5.92 Å². The normalized spacial score (nSPS) is 15.9. The molecule has 0 bridgehead atoms. The molecule has 43 heavy (non-hydrogen) atoms. The Morgan fingerprint density at radius 1 is 0.581 bits per heavy atom. The minimum absolute atomic E-state index is 0. The van der Waals surface area contributed by atoms with Gasteiger partial charge in [-0.15, -0.1) is 0 Å². The molecule has 0 fully saturated rings. The van der Waals surface area contributed by atoms with Crippen LogP contribution in [0.4, 0.5) is 0 Å². The predicted molar refractivity (Wildman–Crippen MR) is 175 cm³/mol. The third-order valence-electron chi connectivity index (χ3n) is 8.84. The fourth-order valence-corrected chi connectivity index (χ4v) is 13.9. The average molecular weight is 688 g/mol. The molecule has 0 saturated carbocycles. The second-order valence-corrected chi connectivity index (χ2v) is 18.3. The zero-order chi connectivity index (χ0) is 28.6. The van der Waals surface area contributed by atoms with Crippen LogP contribution in [0.2, 0.25) is 3.34 Å². The van der Waals surface area contributed by atoms with Gasteiger partial charge in [0.25, 0.3) is 0 Å². The Bertz CT molecular complexity index is 1160. The smallest absolute Gasteiger partial charge is 1.00 e. The maximum atomic E-state index is 2.63. The molecule has 4 rings (SSSR count). The van der Waals surface area contributed by atoms with Gasteiger partial charge >= 0.3 is 259 Å². The van der Waals surface area contributed by atoms with Crippen LogP contribution in [0.3, 0.4) is 0 Å². The van der Waals surface area contributed by atoms with E-state index in [9.17, 15) is 0 Å². The maximum Gasteiger partial charge on any atom is -1.00 e. The summed E-state index contributed by atoms with van der Waals surface area (Å²) in [4.78, 5) is 0. The zero-order valence-electron chi connectivity index (χ0n) is 26.7. The molecular formula is C38H49Cl3SiTi. The molecule has 230 valence electrons. The number of aryl methyl sites for hydroxylation is 3. The summed E-state index contributed by atoms with van der Waals surface area (Å²) in [5, 5.41) is 4.55. The van der Waals surface area contributed by atoms with Crippen molar-refractivity contribution in [3.05, 3.63) is 113 Å². The van der Waals surface area contributed by atoms with Crippen LogP contribution in [0.25, 0.3) is 0 Å². The molecule has 5 heteroatoms. The topological polar surface area (TPSA) is 0 Å². The van der Waals surface area contributed by atoms with Crippen molar-refractivity contribution < 1.29 is 57.7 Å². The molecule has 3 aromatic rings. The van der Waals surface area contributed by atoms with E-state index in [4.69, 9.17) is 0 Å². The fourth-order valence-electron chi connectivity index (χ4n) is 6.30. The van der Waals surface area contributed by atoms with Crippen LogP contribution in [0.15, 0.2) is 96.6 Å². The summed E-state index contributed by atoms with van der Waals surface area (Å²) in [5.74, 6) is 0.522. The van der Waals surface area contributed by atoms with E-state index in [1.54, 1.807) is 0 Å². The molecule has 0 N–H and O–H groups in total. The minimum Gasteiger partial charge on any atom is -1.00 e. The Hall–Kier alpha value is -1.06. The predicted octanol–water partition coefficient (Wildman–Crippen LogP) is -0.406. The number of benzene rings is 3.